The molecule has 0 N–H and O–H groups in total. The Bertz CT molecular complexity index is 205. The topological polar surface area (TPSA) is 20.3 Å². The van der Waals surface area contributed by atoms with Crippen LogP contribution in [0.2, 0.25) is 0 Å². The molecule has 1 heterocycles. The van der Waals surface area contributed by atoms with Crippen molar-refractivity contribution in [2.45, 2.75) is 38.5 Å². The molecule has 1 rings (SSSR count). The minimum atomic E-state index is 0.287. The molecule has 1 aliphatic rings. The summed E-state index contributed by atoms with van der Waals surface area (Å²) in [5.41, 5.74) is 0. The summed E-state index contributed by atoms with van der Waals surface area (Å²) in [6.07, 6.45) is 11.2. The lowest BCUT2D eigenvalue weighted by Crippen LogP contribution is -2.33. The van der Waals surface area contributed by atoms with Crippen LogP contribution in [-0.2, 0) is 4.79 Å². The normalized spacial score (nSPS) is 19.0. The number of rotatable bonds is 2. The number of terminal acetylenes is 1. The molecule has 2 nitrogen and oxygen atoms in total. The predicted molar refractivity (Wildman–Crippen MR) is 53.1 cm³/mol. The Morgan fingerprint density at radius 3 is 2.85 bits per heavy atom. The lowest BCUT2D eigenvalue weighted by atomic mass is 10.1. The quantitative estimate of drug-likeness (QED) is 0.592. The average Bonchev–Trinajstić information content (AvgIpc) is 2.11. The van der Waals surface area contributed by atoms with Crippen molar-refractivity contribution in [2.24, 2.45) is 0 Å². The first kappa shape index (κ1) is 10.1. The van der Waals surface area contributed by atoms with Gasteiger partial charge in [0.15, 0.2) is 0 Å². The highest BCUT2D eigenvalue weighted by atomic mass is 16.2. The molecule has 0 saturated carbocycles. The van der Waals surface area contributed by atoms with Crippen molar-refractivity contribution < 1.29 is 4.79 Å². The van der Waals surface area contributed by atoms with Crippen LogP contribution in [0.3, 0.4) is 0 Å². The maximum Gasteiger partial charge on any atom is 0.222 e. The monoisotopic (exact) mass is 179 g/mol. The number of amides is 1. The van der Waals surface area contributed by atoms with E-state index in [-0.39, 0.29) is 5.91 Å². The summed E-state index contributed by atoms with van der Waals surface area (Å²) in [5, 5.41) is 0. The van der Waals surface area contributed by atoms with Crippen LogP contribution in [0, 0.1) is 12.3 Å². The molecule has 0 unspecified atom stereocenters. The van der Waals surface area contributed by atoms with Gasteiger partial charge in [-0.3, -0.25) is 4.79 Å². The van der Waals surface area contributed by atoms with Crippen LogP contribution in [0.4, 0.5) is 0 Å². The SMILES string of the molecule is C#CCCN1CCCCCCC1=O. The molecule has 0 aromatic rings. The van der Waals surface area contributed by atoms with Gasteiger partial charge in [-0.15, -0.1) is 12.3 Å². The van der Waals surface area contributed by atoms with Crippen LogP contribution < -0.4 is 0 Å². The van der Waals surface area contributed by atoms with E-state index in [2.05, 4.69) is 5.92 Å². The highest BCUT2D eigenvalue weighted by Gasteiger charge is 2.13. The highest BCUT2D eigenvalue weighted by Crippen LogP contribution is 2.11. The summed E-state index contributed by atoms with van der Waals surface area (Å²) in [7, 11) is 0. The predicted octanol–water partition coefficient (Wildman–Crippen LogP) is 1.80. The fourth-order valence-corrected chi connectivity index (χ4v) is 1.65. The van der Waals surface area contributed by atoms with E-state index in [1.165, 1.54) is 12.8 Å². The molecule has 1 saturated heterocycles. The zero-order valence-electron chi connectivity index (χ0n) is 8.09. The first-order valence-electron chi connectivity index (χ1n) is 5.06. The van der Waals surface area contributed by atoms with E-state index in [1.807, 2.05) is 4.90 Å². The third-order valence-corrected chi connectivity index (χ3v) is 2.45. The summed E-state index contributed by atoms with van der Waals surface area (Å²) in [5.74, 6) is 2.86. The lowest BCUT2D eigenvalue weighted by Gasteiger charge is -2.23. The second-order valence-corrected chi connectivity index (χ2v) is 3.50. The molecule has 1 aliphatic heterocycles. The van der Waals surface area contributed by atoms with Gasteiger partial charge in [-0.25, -0.2) is 0 Å². The van der Waals surface area contributed by atoms with Crippen LogP contribution in [0.15, 0.2) is 0 Å². The van der Waals surface area contributed by atoms with Crippen molar-refractivity contribution in [2.75, 3.05) is 13.1 Å². The zero-order valence-corrected chi connectivity index (χ0v) is 8.09. The van der Waals surface area contributed by atoms with Crippen LogP contribution in [0.1, 0.15) is 38.5 Å². The third-order valence-electron chi connectivity index (χ3n) is 2.45. The molecule has 72 valence electrons. The van der Waals surface area contributed by atoms with Gasteiger partial charge < -0.3 is 4.90 Å². The molecule has 0 radical (unpaired) electrons. The highest BCUT2D eigenvalue weighted by molar-refractivity contribution is 5.76. The minimum absolute atomic E-state index is 0.287. The molecule has 0 bridgehead atoms. The van der Waals surface area contributed by atoms with E-state index in [0.717, 1.165) is 25.9 Å². The average molecular weight is 179 g/mol. The van der Waals surface area contributed by atoms with Crippen molar-refractivity contribution in [3.8, 4) is 12.3 Å². The molecule has 1 fully saturated rings. The van der Waals surface area contributed by atoms with Gasteiger partial charge in [-0.2, -0.15) is 0 Å². The van der Waals surface area contributed by atoms with E-state index in [9.17, 15) is 4.79 Å². The van der Waals surface area contributed by atoms with Crippen molar-refractivity contribution >= 4 is 5.91 Å². The van der Waals surface area contributed by atoms with Crippen molar-refractivity contribution in [3.05, 3.63) is 0 Å². The Labute approximate surface area is 80.3 Å². The smallest absolute Gasteiger partial charge is 0.222 e. The zero-order chi connectivity index (χ0) is 9.52. The van der Waals surface area contributed by atoms with Crippen LogP contribution >= 0.6 is 0 Å². The van der Waals surface area contributed by atoms with Gasteiger partial charge in [-0.1, -0.05) is 12.8 Å². The molecule has 1 amide bonds. The van der Waals surface area contributed by atoms with Crippen LogP contribution in [0.25, 0.3) is 0 Å². The summed E-state index contributed by atoms with van der Waals surface area (Å²) in [4.78, 5) is 13.4. The van der Waals surface area contributed by atoms with Gasteiger partial charge in [-0.05, 0) is 12.8 Å². The molecular weight excluding hydrogens is 162 g/mol. The van der Waals surface area contributed by atoms with Crippen molar-refractivity contribution in [1.82, 2.24) is 4.90 Å². The largest absolute Gasteiger partial charge is 0.342 e. The summed E-state index contributed by atoms with van der Waals surface area (Å²) in [6.45, 7) is 1.65. The molecular formula is C11H17NO. The molecule has 0 aliphatic carbocycles. The summed E-state index contributed by atoms with van der Waals surface area (Å²) >= 11 is 0. The van der Waals surface area contributed by atoms with Crippen LogP contribution in [-0.4, -0.2) is 23.9 Å². The molecule has 2 heteroatoms. The van der Waals surface area contributed by atoms with Gasteiger partial charge in [0.05, 0.1) is 0 Å². The Morgan fingerprint density at radius 2 is 2.08 bits per heavy atom. The Hall–Kier alpha value is -0.970. The van der Waals surface area contributed by atoms with Crippen molar-refractivity contribution in [3.63, 3.8) is 0 Å². The molecule has 0 aromatic carbocycles. The second kappa shape index (κ2) is 5.64. The molecule has 0 atom stereocenters. The maximum atomic E-state index is 11.5. The van der Waals surface area contributed by atoms with E-state index in [1.54, 1.807) is 0 Å². The first-order valence-corrected chi connectivity index (χ1v) is 5.06. The number of hydrogen-bond acceptors (Lipinski definition) is 1. The number of carbonyl (C=O) groups excluding carboxylic acids is 1. The standard InChI is InChI=1S/C11H17NO/c1-2-3-9-12-10-7-5-4-6-8-11(12)13/h1H,3-10H2. The van der Waals surface area contributed by atoms with Gasteiger partial charge in [0.2, 0.25) is 5.91 Å². The fourth-order valence-electron chi connectivity index (χ4n) is 1.65. The molecule has 0 spiro atoms. The maximum absolute atomic E-state index is 11.5. The van der Waals surface area contributed by atoms with Crippen molar-refractivity contribution in [1.29, 1.82) is 0 Å². The van der Waals surface area contributed by atoms with E-state index in [4.69, 9.17) is 6.42 Å². The van der Waals surface area contributed by atoms with E-state index in [0.29, 0.717) is 12.8 Å². The Kier molecular flexibility index (Phi) is 4.39. The number of carbonyl (C=O) groups is 1. The van der Waals surface area contributed by atoms with Crippen LogP contribution in [0.5, 0.6) is 0 Å². The minimum Gasteiger partial charge on any atom is -0.342 e. The lowest BCUT2D eigenvalue weighted by molar-refractivity contribution is -0.131. The van der Waals surface area contributed by atoms with E-state index < -0.39 is 0 Å². The molecule has 0 aromatic heterocycles. The van der Waals surface area contributed by atoms with Gasteiger partial charge in [0, 0.05) is 25.9 Å². The van der Waals surface area contributed by atoms with Gasteiger partial charge >= 0.3 is 0 Å². The van der Waals surface area contributed by atoms with Gasteiger partial charge in [0.1, 0.15) is 0 Å². The fraction of sp³-hybridized carbons (Fsp3) is 0.727. The second-order valence-electron chi connectivity index (χ2n) is 3.50. The Balaban J connectivity index is 2.38. The third kappa shape index (κ3) is 3.50. The number of nitrogens with zero attached hydrogens (tertiary/aromatic N) is 1. The Morgan fingerprint density at radius 1 is 1.31 bits per heavy atom. The first-order chi connectivity index (χ1) is 6.34. The number of likely N-dealkylation sites (tertiary alicyclic amines) is 1. The summed E-state index contributed by atoms with van der Waals surface area (Å²) in [6, 6.07) is 0. The summed E-state index contributed by atoms with van der Waals surface area (Å²) < 4.78 is 0. The molecule has 13 heavy (non-hydrogen) atoms. The van der Waals surface area contributed by atoms with E-state index >= 15 is 0 Å². The van der Waals surface area contributed by atoms with Gasteiger partial charge in [0.25, 0.3) is 0 Å². The number of hydrogen-bond donors (Lipinski definition) is 0.